The van der Waals surface area contributed by atoms with Gasteiger partial charge in [-0.3, -0.25) is 4.79 Å². The Labute approximate surface area is 260 Å². The number of ether oxygens (including phenoxy) is 1. The molecule has 0 aliphatic carbocycles. The third kappa shape index (κ3) is 6.24. The molecule has 9 nitrogen and oxygen atoms in total. The van der Waals surface area contributed by atoms with E-state index in [9.17, 15) is 22.8 Å². The molecule has 0 bridgehead atoms. The number of esters is 1. The smallest absolute Gasteiger partial charge is 0.455 e. The number of para-hydroxylation sites is 2. The van der Waals surface area contributed by atoms with E-state index in [0.717, 1.165) is 28.0 Å². The molecule has 1 amide bonds. The number of halogens is 3. The van der Waals surface area contributed by atoms with Crippen molar-refractivity contribution >= 4 is 51.0 Å². The molecule has 0 spiro atoms. The lowest BCUT2D eigenvalue weighted by Crippen LogP contribution is -2.31. The zero-order valence-corrected chi connectivity index (χ0v) is 24.5. The predicted octanol–water partition coefficient (Wildman–Crippen LogP) is 7.70. The number of hydrogen-bond acceptors (Lipinski definition) is 8. The average molecular weight is 626 g/mol. The summed E-state index contributed by atoms with van der Waals surface area (Å²) in [7, 11) is 0. The summed E-state index contributed by atoms with van der Waals surface area (Å²) in [6.45, 7) is 3.24. The van der Waals surface area contributed by atoms with Crippen LogP contribution in [0.3, 0.4) is 0 Å². The first-order valence-corrected chi connectivity index (χ1v) is 14.0. The highest BCUT2D eigenvalue weighted by molar-refractivity contribution is 6.09. The molecule has 0 aliphatic heterocycles. The number of carbonyl (C=O) groups excluding carboxylic acids is 2. The molecule has 0 radical (unpaired) electrons. The number of nitrogens with zero attached hydrogens (tertiary/aromatic N) is 2. The molecule has 4 aromatic carbocycles. The molecular formula is C34H26F3N5O4. The van der Waals surface area contributed by atoms with Crippen molar-refractivity contribution in [2.24, 2.45) is 5.73 Å². The average Bonchev–Trinajstić information content (AvgIpc) is 3.40. The van der Waals surface area contributed by atoms with Crippen molar-refractivity contribution in [2.45, 2.75) is 25.6 Å². The Morgan fingerprint density at radius 3 is 2.30 bits per heavy atom. The Morgan fingerprint density at radius 2 is 1.57 bits per heavy atom. The molecule has 0 aliphatic rings. The van der Waals surface area contributed by atoms with Crippen LogP contribution in [0.1, 0.15) is 29.8 Å². The molecule has 6 aromatic rings. The zero-order chi connectivity index (χ0) is 32.6. The van der Waals surface area contributed by atoms with Gasteiger partial charge in [0.25, 0.3) is 5.91 Å². The van der Waals surface area contributed by atoms with Crippen LogP contribution in [0.25, 0.3) is 33.2 Å². The first-order chi connectivity index (χ1) is 21.9. The SMILES string of the molecule is CC(C)(N)c1ccc(C(=O)Nc2ccc(Nc3cc(-c4cccc5c4oc4ccccc45)ncn3)cc2)c(OC(=O)C(F)(F)F)c1. The zero-order valence-electron chi connectivity index (χ0n) is 24.5. The van der Waals surface area contributed by atoms with E-state index in [2.05, 4.69) is 25.3 Å². The van der Waals surface area contributed by atoms with Crippen molar-refractivity contribution in [1.82, 2.24) is 9.97 Å². The normalized spacial score (nSPS) is 11.9. The van der Waals surface area contributed by atoms with Crippen molar-refractivity contribution < 1.29 is 31.9 Å². The van der Waals surface area contributed by atoms with E-state index in [1.54, 1.807) is 44.2 Å². The third-order valence-corrected chi connectivity index (χ3v) is 7.17. The first-order valence-electron chi connectivity index (χ1n) is 14.0. The van der Waals surface area contributed by atoms with Gasteiger partial charge in [-0.05, 0) is 67.9 Å². The monoisotopic (exact) mass is 625 g/mol. The quantitative estimate of drug-likeness (QED) is 0.121. The minimum absolute atomic E-state index is 0.277. The Kier molecular flexibility index (Phi) is 7.66. The molecule has 0 saturated heterocycles. The summed E-state index contributed by atoms with van der Waals surface area (Å²) in [5, 5.41) is 7.79. The topological polar surface area (TPSA) is 132 Å². The Balaban J connectivity index is 1.20. The van der Waals surface area contributed by atoms with Gasteiger partial charge in [0, 0.05) is 39.3 Å². The molecule has 232 valence electrons. The predicted molar refractivity (Wildman–Crippen MR) is 168 cm³/mol. The molecule has 0 unspecified atom stereocenters. The minimum Gasteiger partial charge on any atom is -0.455 e. The summed E-state index contributed by atoms with van der Waals surface area (Å²) in [5.74, 6) is -3.29. The number of furan rings is 1. The van der Waals surface area contributed by atoms with Crippen LogP contribution >= 0.6 is 0 Å². The van der Waals surface area contributed by atoms with E-state index < -0.39 is 29.3 Å². The highest BCUT2D eigenvalue weighted by Gasteiger charge is 2.42. The Bertz CT molecular complexity index is 2100. The first kappa shape index (κ1) is 30.3. The Morgan fingerprint density at radius 1 is 0.848 bits per heavy atom. The maximum absolute atomic E-state index is 13.1. The maximum atomic E-state index is 13.1. The number of rotatable bonds is 7. The fourth-order valence-corrected chi connectivity index (χ4v) is 4.86. The number of alkyl halides is 3. The third-order valence-electron chi connectivity index (χ3n) is 7.17. The highest BCUT2D eigenvalue weighted by atomic mass is 19.4. The van der Waals surface area contributed by atoms with Gasteiger partial charge in [0.2, 0.25) is 0 Å². The van der Waals surface area contributed by atoms with Gasteiger partial charge in [0.1, 0.15) is 29.1 Å². The van der Waals surface area contributed by atoms with Gasteiger partial charge in [-0.2, -0.15) is 13.2 Å². The standard InChI is InChI=1S/C34H26F3N5O4/c1-33(2,38)19-10-15-25(28(16-19)46-32(44)34(35,36)37)31(43)42-21-13-11-20(12-14-21)41-29-17-26(39-18-40-29)24-8-5-7-23-22-6-3-4-9-27(22)45-30(23)24/h3-18H,38H2,1-2H3,(H,42,43)(H,39,40,41). The number of benzene rings is 4. The van der Waals surface area contributed by atoms with Gasteiger partial charge in [0.05, 0.1) is 11.3 Å². The maximum Gasteiger partial charge on any atom is 0.491 e. The highest BCUT2D eigenvalue weighted by Crippen LogP contribution is 2.35. The van der Waals surface area contributed by atoms with Gasteiger partial charge in [-0.1, -0.05) is 36.4 Å². The number of nitrogens with one attached hydrogen (secondary N) is 2. The summed E-state index contributed by atoms with van der Waals surface area (Å²) in [6.07, 6.45) is -3.82. The van der Waals surface area contributed by atoms with Crippen LogP contribution < -0.4 is 21.1 Å². The summed E-state index contributed by atoms with van der Waals surface area (Å²) in [6, 6.07) is 25.9. The Hall–Kier alpha value is -5.75. The summed E-state index contributed by atoms with van der Waals surface area (Å²) in [4.78, 5) is 33.4. The van der Waals surface area contributed by atoms with Crippen LogP contribution in [0.15, 0.2) is 102 Å². The van der Waals surface area contributed by atoms with Crippen LogP contribution in [0.4, 0.5) is 30.4 Å². The van der Waals surface area contributed by atoms with E-state index in [0.29, 0.717) is 34.0 Å². The molecule has 2 aromatic heterocycles. The summed E-state index contributed by atoms with van der Waals surface area (Å²) >= 11 is 0. The van der Waals surface area contributed by atoms with Gasteiger partial charge in [-0.25, -0.2) is 14.8 Å². The minimum atomic E-state index is -5.25. The van der Waals surface area contributed by atoms with Crippen molar-refractivity contribution in [2.75, 3.05) is 10.6 Å². The fraction of sp³-hybridized carbons (Fsp3) is 0.118. The number of aromatic nitrogens is 2. The van der Waals surface area contributed by atoms with Crippen LogP contribution in [-0.2, 0) is 10.3 Å². The van der Waals surface area contributed by atoms with Crippen LogP contribution in [0, 0.1) is 0 Å². The van der Waals surface area contributed by atoms with Gasteiger partial charge < -0.3 is 25.5 Å². The summed E-state index contributed by atoms with van der Waals surface area (Å²) < 4.78 is 49.5. The van der Waals surface area contributed by atoms with Crippen molar-refractivity contribution in [1.29, 1.82) is 0 Å². The molecular weight excluding hydrogens is 599 g/mol. The second-order valence-electron chi connectivity index (χ2n) is 11.0. The lowest BCUT2D eigenvalue weighted by Gasteiger charge is -2.21. The van der Waals surface area contributed by atoms with E-state index in [-0.39, 0.29) is 5.56 Å². The van der Waals surface area contributed by atoms with Crippen molar-refractivity contribution in [3.8, 4) is 17.0 Å². The number of anilines is 3. The molecule has 0 fully saturated rings. The molecule has 6 rings (SSSR count). The van der Waals surface area contributed by atoms with Gasteiger partial charge in [0.15, 0.2) is 0 Å². The van der Waals surface area contributed by atoms with E-state index in [4.69, 9.17) is 10.2 Å². The molecule has 46 heavy (non-hydrogen) atoms. The largest absolute Gasteiger partial charge is 0.491 e. The fourth-order valence-electron chi connectivity index (χ4n) is 4.86. The lowest BCUT2D eigenvalue weighted by molar-refractivity contribution is -0.189. The van der Waals surface area contributed by atoms with Crippen LogP contribution in [-0.4, -0.2) is 28.0 Å². The van der Waals surface area contributed by atoms with Gasteiger partial charge >= 0.3 is 12.1 Å². The number of amides is 1. The summed E-state index contributed by atoms with van der Waals surface area (Å²) in [5.41, 5.74) is 9.10. The molecule has 2 heterocycles. The second kappa shape index (κ2) is 11.6. The van der Waals surface area contributed by atoms with E-state index in [1.165, 1.54) is 18.5 Å². The van der Waals surface area contributed by atoms with Crippen molar-refractivity contribution in [3.05, 3.63) is 108 Å². The molecule has 0 atom stereocenters. The van der Waals surface area contributed by atoms with Crippen LogP contribution in [0.5, 0.6) is 5.75 Å². The number of fused-ring (bicyclic) bond motifs is 3. The number of hydrogen-bond donors (Lipinski definition) is 3. The molecule has 12 heteroatoms. The van der Waals surface area contributed by atoms with Crippen LogP contribution in [0.2, 0.25) is 0 Å². The number of nitrogens with two attached hydrogens (primary N) is 1. The van der Waals surface area contributed by atoms with Crippen molar-refractivity contribution in [3.63, 3.8) is 0 Å². The number of carbonyl (C=O) groups is 2. The van der Waals surface area contributed by atoms with E-state index in [1.807, 2.05) is 42.5 Å². The molecule has 0 saturated carbocycles. The molecule has 4 N–H and O–H groups in total. The van der Waals surface area contributed by atoms with E-state index >= 15 is 0 Å². The lowest BCUT2D eigenvalue weighted by atomic mass is 9.94. The second-order valence-corrected chi connectivity index (χ2v) is 11.0. The van der Waals surface area contributed by atoms with Gasteiger partial charge in [-0.15, -0.1) is 0 Å².